The zero-order chi connectivity index (χ0) is 21.6. The Morgan fingerprint density at radius 2 is 2.00 bits per heavy atom. The van der Waals surface area contributed by atoms with Crippen molar-refractivity contribution in [2.75, 3.05) is 20.3 Å². The number of benzene rings is 1. The third-order valence-corrected chi connectivity index (χ3v) is 6.86. The number of hydrogen-bond donors (Lipinski definition) is 1. The van der Waals surface area contributed by atoms with Crippen LogP contribution in [-0.4, -0.2) is 35.7 Å². The van der Waals surface area contributed by atoms with Crippen LogP contribution in [0, 0.1) is 6.92 Å². The van der Waals surface area contributed by atoms with Crippen LogP contribution >= 0.6 is 22.7 Å². The van der Waals surface area contributed by atoms with Gasteiger partial charge < -0.3 is 14.6 Å². The third kappa shape index (κ3) is 4.95. The molecule has 0 radical (unpaired) electrons. The fourth-order valence-electron chi connectivity index (χ4n) is 3.47. The number of aromatic nitrogens is 2. The topological polar surface area (TPSA) is 56.1 Å². The van der Waals surface area contributed by atoms with Crippen molar-refractivity contribution in [2.45, 2.75) is 19.9 Å². The summed E-state index contributed by atoms with van der Waals surface area (Å²) in [4.78, 5) is 19.0. The smallest absolute Gasteiger partial charge is 0.253 e. The number of hydrogen-bond acceptors (Lipinski definition) is 5. The van der Waals surface area contributed by atoms with E-state index in [4.69, 9.17) is 9.72 Å². The largest absolute Gasteiger partial charge is 0.385 e. The van der Waals surface area contributed by atoms with Crippen molar-refractivity contribution in [2.24, 2.45) is 0 Å². The van der Waals surface area contributed by atoms with E-state index in [0.29, 0.717) is 25.3 Å². The zero-order valence-corrected chi connectivity index (χ0v) is 19.3. The fourth-order valence-corrected chi connectivity index (χ4v) is 4.98. The monoisotopic (exact) mass is 451 g/mol. The first kappa shape index (κ1) is 21.5. The second-order valence-corrected chi connectivity index (χ2v) is 9.09. The van der Waals surface area contributed by atoms with Gasteiger partial charge in [0.05, 0.1) is 23.5 Å². The maximum Gasteiger partial charge on any atom is 0.253 e. The Bertz CT molecular complexity index is 1130. The van der Waals surface area contributed by atoms with Gasteiger partial charge >= 0.3 is 0 Å². The van der Waals surface area contributed by atoms with Crippen molar-refractivity contribution in [3.05, 3.63) is 75.4 Å². The Labute approximate surface area is 190 Å². The van der Waals surface area contributed by atoms with Crippen LogP contribution in [0.4, 0.5) is 0 Å². The van der Waals surface area contributed by atoms with Crippen LogP contribution < -0.4 is 5.32 Å². The number of thiazole rings is 1. The molecule has 0 spiro atoms. The van der Waals surface area contributed by atoms with Gasteiger partial charge in [0.15, 0.2) is 0 Å². The molecule has 4 rings (SSSR count). The highest BCUT2D eigenvalue weighted by Gasteiger charge is 2.20. The molecule has 0 aliphatic rings. The van der Waals surface area contributed by atoms with E-state index in [-0.39, 0.29) is 5.91 Å². The van der Waals surface area contributed by atoms with E-state index < -0.39 is 0 Å². The molecule has 0 atom stereocenters. The van der Waals surface area contributed by atoms with Crippen molar-refractivity contribution in [1.82, 2.24) is 14.9 Å². The van der Waals surface area contributed by atoms with E-state index in [1.165, 1.54) is 4.88 Å². The average molecular weight is 452 g/mol. The first-order valence-corrected chi connectivity index (χ1v) is 11.9. The lowest BCUT2D eigenvalue weighted by atomic mass is 10.2. The first-order chi connectivity index (χ1) is 15.2. The van der Waals surface area contributed by atoms with Gasteiger partial charge in [0.2, 0.25) is 0 Å². The third-order valence-electron chi connectivity index (χ3n) is 5.10. The normalized spacial score (nSPS) is 11.0. The zero-order valence-electron chi connectivity index (χ0n) is 17.6. The molecule has 0 unspecified atom stereocenters. The molecule has 0 bridgehead atoms. The van der Waals surface area contributed by atoms with Gasteiger partial charge in [-0.1, -0.05) is 36.4 Å². The molecule has 0 aliphatic heterocycles. The first-order valence-electron chi connectivity index (χ1n) is 10.2. The lowest BCUT2D eigenvalue weighted by Crippen LogP contribution is -2.25. The summed E-state index contributed by atoms with van der Waals surface area (Å²) in [6.45, 7) is 3.94. The van der Waals surface area contributed by atoms with Gasteiger partial charge in [-0.25, -0.2) is 4.98 Å². The highest BCUT2D eigenvalue weighted by atomic mass is 32.1. The SMILES string of the molecule is COCCCNC(=O)c1cc(-c2csc(-c3ccccc3)n2)n(Cc2cccs2)c1C. The molecule has 0 aliphatic carbocycles. The van der Waals surface area contributed by atoms with E-state index >= 15 is 0 Å². The fraction of sp³-hybridized carbons (Fsp3) is 0.250. The highest BCUT2D eigenvalue weighted by Crippen LogP contribution is 2.32. The van der Waals surface area contributed by atoms with Gasteiger partial charge in [0.1, 0.15) is 5.01 Å². The molecule has 160 valence electrons. The van der Waals surface area contributed by atoms with E-state index in [0.717, 1.165) is 34.1 Å². The van der Waals surface area contributed by atoms with Crippen LogP contribution in [0.1, 0.15) is 27.3 Å². The maximum absolute atomic E-state index is 12.9. The maximum atomic E-state index is 12.9. The Morgan fingerprint density at radius 1 is 1.16 bits per heavy atom. The Kier molecular flexibility index (Phi) is 6.96. The van der Waals surface area contributed by atoms with Gasteiger partial charge in [-0.2, -0.15) is 0 Å². The molecule has 0 saturated carbocycles. The van der Waals surface area contributed by atoms with Gasteiger partial charge in [0.25, 0.3) is 5.91 Å². The molecule has 3 heterocycles. The Morgan fingerprint density at radius 3 is 2.74 bits per heavy atom. The predicted octanol–water partition coefficient (Wildman–Crippen LogP) is 5.46. The number of methoxy groups -OCH3 is 1. The van der Waals surface area contributed by atoms with Gasteiger partial charge in [0, 0.05) is 41.8 Å². The number of thiophene rings is 1. The van der Waals surface area contributed by atoms with Crippen molar-refractivity contribution in [3.63, 3.8) is 0 Å². The van der Waals surface area contributed by atoms with Crippen LogP contribution in [0.5, 0.6) is 0 Å². The number of rotatable bonds is 9. The summed E-state index contributed by atoms with van der Waals surface area (Å²) in [7, 11) is 1.67. The molecule has 1 N–H and O–H groups in total. The molecule has 0 fully saturated rings. The van der Waals surface area contributed by atoms with Crippen LogP contribution in [0.15, 0.2) is 59.3 Å². The summed E-state index contributed by atoms with van der Waals surface area (Å²) in [6.07, 6.45) is 0.788. The number of carbonyl (C=O) groups excluding carboxylic acids is 1. The molecule has 5 nitrogen and oxygen atoms in total. The number of nitrogens with zero attached hydrogens (tertiary/aromatic N) is 2. The van der Waals surface area contributed by atoms with E-state index in [1.54, 1.807) is 29.8 Å². The van der Waals surface area contributed by atoms with Gasteiger partial charge in [-0.05, 0) is 30.9 Å². The van der Waals surface area contributed by atoms with E-state index in [1.807, 2.05) is 31.2 Å². The second kappa shape index (κ2) is 10.0. The van der Waals surface area contributed by atoms with Crippen LogP contribution in [-0.2, 0) is 11.3 Å². The number of amides is 1. The molecule has 4 aromatic rings. The average Bonchev–Trinajstić information content (AvgIpc) is 3.54. The molecule has 1 aromatic carbocycles. The minimum Gasteiger partial charge on any atom is -0.385 e. The number of carbonyl (C=O) groups is 1. The Hall–Kier alpha value is -2.74. The minimum atomic E-state index is -0.0571. The molecule has 0 saturated heterocycles. The number of ether oxygens (including phenoxy) is 1. The molecular weight excluding hydrogens is 426 g/mol. The van der Waals surface area contributed by atoms with E-state index in [9.17, 15) is 4.79 Å². The lowest BCUT2D eigenvalue weighted by molar-refractivity contribution is 0.0948. The summed E-state index contributed by atoms with van der Waals surface area (Å²) in [5.41, 5.74) is 4.59. The minimum absolute atomic E-state index is 0.0571. The predicted molar refractivity (Wildman–Crippen MR) is 128 cm³/mol. The Balaban J connectivity index is 1.67. The molecule has 7 heteroatoms. The quantitative estimate of drug-likeness (QED) is 0.344. The van der Waals surface area contributed by atoms with Crippen molar-refractivity contribution in [1.29, 1.82) is 0 Å². The lowest BCUT2D eigenvalue weighted by Gasteiger charge is -2.10. The molecule has 3 aromatic heterocycles. The number of nitrogens with one attached hydrogen (secondary N) is 1. The summed E-state index contributed by atoms with van der Waals surface area (Å²) < 4.78 is 7.26. The van der Waals surface area contributed by atoms with Crippen LogP contribution in [0.2, 0.25) is 0 Å². The second-order valence-electron chi connectivity index (χ2n) is 7.20. The molecule has 31 heavy (non-hydrogen) atoms. The van der Waals surface area contributed by atoms with Gasteiger partial charge in [-0.15, -0.1) is 22.7 Å². The van der Waals surface area contributed by atoms with Gasteiger partial charge in [-0.3, -0.25) is 4.79 Å². The van der Waals surface area contributed by atoms with Crippen molar-refractivity contribution in [3.8, 4) is 22.0 Å². The molecule has 1 amide bonds. The molecular formula is C24H25N3O2S2. The summed E-state index contributed by atoms with van der Waals surface area (Å²) in [5, 5.41) is 8.13. The van der Waals surface area contributed by atoms with Crippen LogP contribution in [0.3, 0.4) is 0 Å². The van der Waals surface area contributed by atoms with E-state index in [2.05, 4.69) is 44.9 Å². The summed E-state index contributed by atoms with van der Waals surface area (Å²) in [6, 6.07) is 16.3. The standard InChI is InChI=1S/C24H25N3O2S2/c1-17-20(23(28)25-11-7-12-29-2)14-22(27(17)15-19-10-6-13-30-19)21-16-31-24(26-21)18-8-4-3-5-9-18/h3-6,8-10,13-14,16H,7,11-12,15H2,1-2H3,(H,25,28). The van der Waals surface area contributed by atoms with Crippen molar-refractivity contribution >= 4 is 28.6 Å². The summed E-state index contributed by atoms with van der Waals surface area (Å²) in [5.74, 6) is -0.0571. The summed E-state index contributed by atoms with van der Waals surface area (Å²) >= 11 is 3.34. The van der Waals surface area contributed by atoms with Crippen molar-refractivity contribution < 1.29 is 9.53 Å². The highest BCUT2D eigenvalue weighted by molar-refractivity contribution is 7.13. The van der Waals surface area contributed by atoms with Crippen LogP contribution in [0.25, 0.3) is 22.0 Å².